The summed E-state index contributed by atoms with van der Waals surface area (Å²) in [6.07, 6.45) is 1.58. The van der Waals surface area contributed by atoms with Gasteiger partial charge in [0.25, 0.3) is 5.69 Å². The van der Waals surface area contributed by atoms with Crippen LogP contribution in [0.25, 0.3) is 5.69 Å². The second kappa shape index (κ2) is 4.33. The highest BCUT2D eigenvalue weighted by molar-refractivity contribution is 5.89. The molecule has 0 saturated carbocycles. The fourth-order valence-electron chi connectivity index (χ4n) is 1.77. The van der Waals surface area contributed by atoms with Crippen LogP contribution >= 0.6 is 0 Å². The van der Waals surface area contributed by atoms with Crippen LogP contribution < -0.4 is 0 Å². The molecule has 2 aromatic rings. The molecule has 0 aliphatic rings. The van der Waals surface area contributed by atoms with E-state index in [-0.39, 0.29) is 11.3 Å². The SMILES string of the molecule is Cc1c(C(=O)O)ccn1-c1cccc([N+](=O)[O-])c1. The van der Waals surface area contributed by atoms with Gasteiger partial charge in [-0.1, -0.05) is 6.07 Å². The second-order valence-corrected chi connectivity index (χ2v) is 3.77. The first-order chi connectivity index (χ1) is 8.50. The average Bonchev–Trinajstić information content (AvgIpc) is 2.71. The van der Waals surface area contributed by atoms with Crippen LogP contribution in [0.2, 0.25) is 0 Å². The van der Waals surface area contributed by atoms with Crippen molar-refractivity contribution in [1.29, 1.82) is 0 Å². The number of nitro benzene ring substituents is 1. The summed E-state index contributed by atoms with van der Waals surface area (Å²) in [4.78, 5) is 21.1. The van der Waals surface area contributed by atoms with Crippen LogP contribution in [0.5, 0.6) is 0 Å². The van der Waals surface area contributed by atoms with Crippen molar-refractivity contribution in [3.05, 3.63) is 57.9 Å². The number of carbonyl (C=O) groups is 1. The number of carboxylic acid groups (broad SMARTS) is 1. The molecule has 1 N–H and O–H groups in total. The number of nitro groups is 1. The maximum Gasteiger partial charge on any atom is 0.337 e. The van der Waals surface area contributed by atoms with Crippen LogP contribution in [0.4, 0.5) is 5.69 Å². The molecule has 1 aromatic carbocycles. The molecule has 0 saturated heterocycles. The van der Waals surface area contributed by atoms with Gasteiger partial charge in [0, 0.05) is 24.0 Å². The topological polar surface area (TPSA) is 85.4 Å². The highest BCUT2D eigenvalue weighted by atomic mass is 16.6. The van der Waals surface area contributed by atoms with E-state index in [9.17, 15) is 14.9 Å². The summed E-state index contributed by atoms with van der Waals surface area (Å²) in [6.45, 7) is 1.66. The predicted molar refractivity (Wildman–Crippen MR) is 64.1 cm³/mol. The summed E-state index contributed by atoms with van der Waals surface area (Å²) in [5, 5.41) is 19.6. The zero-order valence-electron chi connectivity index (χ0n) is 9.53. The smallest absolute Gasteiger partial charge is 0.337 e. The Labute approximate surface area is 102 Å². The molecule has 0 amide bonds. The summed E-state index contributed by atoms with van der Waals surface area (Å²) < 4.78 is 1.61. The number of benzene rings is 1. The van der Waals surface area contributed by atoms with E-state index in [2.05, 4.69) is 0 Å². The number of non-ortho nitro benzene ring substituents is 1. The third kappa shape index (κ3) is 1.95. The van der Waals surface area contributed by atoms with E-state index < -0.39 is 10.9 Å². The standard InChI is InChI=1S/C12H10N2O4/c1-8-11(12(15)16)5-6-13(8)9-3-2-4-10(7-9)14(17)18/h2-7H,1H3,(H,15,16). The normalized spacial score (nSPS) is 10.3. The molecule has 92 valence electrons. The molecule has 18 heavy (non-hydrogen) atoms. The second-order valence-electron chi connectivity index (χ2n) is 3.77. The van der Waals surface area contributed by atoms with E-state index in [1.54, 1.807) is 29.8 Å². The number of aromatic nitrogens is 1. The Morgan fingerprint density at radius 1 is 1.39 bits per heavy atom. The van der Waals surface area contributed by atoms with Gasteiger partial charge in [-0.3, -0.25) is 10.1 Å². The molecular weight excluding hydrogens is 236 g/mol. The number of hydrogen-bond acceptors (Lipinski definition) is 3. The van der Waals surface area contributed by atoms with Crippen molar-refractivity contribution in [3.63, 3.8) is 0 Å². The van der Waals surface area contributed by atoms with E-state index >= 15 is 0 Å². The lowest BCUT2D eigenvalue weighted by Crippen LogP contribution is -2.01. The molecule has 0 unspecified atom stereocenters. The zero-order chi connectivity index (χ0) is 13.3. The molecule has 0 fully saturated rings. The van der Waals surface area contributed by atoms with Crippen LogP contribution in [-0.2, 0) is 0 Å². The molecule has 6 heteroatoms. The maximum absolute atomic E-state index is 10.9. The van der Waals surface area contributed by atoms with Crippen molar-refractivity contribution >= 4 is 11.7 Å². The predicted octanol–water partition coefficient (Wildman–Crippen LogP) is 2.39. The third-order valence-corrected chi connectivity index (χ3v) is 2.69. The van der Waals surface area contributed by atoms with Crippen molar-refractivity contribution in [2.24, 2.45) is 0 Å². The molecule has 0 aliphatic carbocycles. The largest absolute Gasteiger partial charge is 0.478 e. The molecule has 0 aliphatic heterocycles. The highest BCUT2D eigenvalue weighted by Gasteiger charge is 2.13. The minimum atomic E-state index is -1.02. The van der Waals surface area contributed by atoms with E-state index in [0.29, 0.717) is 11.4 Å². The summed E-state index contributed by atoms with van der Waals surface area (Å²) in [5.41, 5.74) is 1.25. The van der Waals surface area contributed by atoms with Gasteiger partial charge in [0.1, 0.15) is 0 Å². The van der Waals surface area contributed by atoms with Gasteiger partial charge >= 0.3 is 5.97 Å². The number of aromatic carboxylic acids is 1. The molecule has 6 nitrogen and oxygen atoms in total. The Kier molecular flexibility index (Phi) is 2.85. The monoisotopic (exact) mass is 246 g/mol. The number of carboxylic acids is 1. The van der Waals surface area contributed by atoms with Crippen LogP contribution in [0.15, 0.2) is 36.5 Å². The Hall–Kier alpha value is -2.63. The molecule has 2 rings (SSSR count). The van der Waals surface area contributed by atoms with Gasteiger partial charge in [-0.2, -0.15) is 0 Å². The first-order valence-corrected chi connectivity index (χ1v) is 5.17. The first-order valence-electron chi connectivity index (χ1n) is 5.17. The van der Waals surface area contributed by atoms with Crippen LogP contribution in [0.3, 0.4) is 0 Å². The Morgan fingerprint density at radius 3 is 2.67 bits per heavy atom. The number of rotatable bonds is 3. The van der Waals surface area contributed by atoms with E-state index in [1.807, 2.05) is 0 Å². The van der Waals surface area contributed by atoms with Gasteiger partial charge in [0.2, 0.25) is 0 Å². The summed E-state index contributed by atoms with van der Waals surface area (Å²) in [5.74, 6) is -1.02. The van der Waals surface area contributed by atoms with Crippen molar-refractivity contribution in [1.82, 2.24) is 4.57 Å². The lowest BCUT2D eigenvalue weighted by molar-refractivity contribution is -0.384. The van der Waals surface area contributed by atoms with Gasteiger partial charge in [0.05, 0.1) is 16.2 Å². The fraction of sp³-hybridized carbons (Fsp3) is 0.0833. The first kappa shape index (κ1) is 11.8. The molecule has 0 spiro atoms. The molecule has 1 aromatic heterocycles. The van der Waals surface area contributed by atoms with Crippen LogP contribution in [0, 0.1) is 17.0 Å². The van der Waals surface area contributed by atoms with Crippen molar-refractivity contribution in [2.75, 3.05) is 0 Å². The summed E-state index contributed by atoms with van der Waals surface area (Å²) in [7, 11) is 0. The van der Waals surface area contributed by atoms with Gasteiger partial charge in [-0.25, -0.2) is 4.79 Å². The quantitative estimate of drug-likeness (QED) is 0.665. The average molecular weight is 246 g/mol. The molecule has 1 heterocycles. The minimum absolute atomic E-state index is 0.0301. The van der Waals surface area contributed by atoms with Crippen LogP contribution in [-0.4, -0.2) is 20.6 Å². The Balaban J connectivity index is 2.52. The lowest BCUT2D eigenvalue weighted by Gasteiger charge is -2.06. The Bertz CT molecular complexity index is 631. The zero-order valence-corrected chi connectivity index (χ0v) is 9.53. The van der Waals surface area contributed by atoms with Gasteiger partial charge in [-0.05, 0) is 19.1 Å². The van der Waals surface area contributed by atoms with Crippen LogP contribution in [0.1, 0.15) is 16.1 Å². The van der Waals surface area contributed by atoms with Crippen molar-refractivity contribution in [3.8, 4) is 5.69 Å². The third-order valence-electron chi connectivity index (χ3n) is 2.69. The summed E-state index contributed by atoms with van der Waals surface area (Å²) >= 11 is 0. The van der Waals surface area contributed by atoms with Gasteiger partial charge < -0.3 is 9.67 Å². The minimum Gasteiger partial charge on any atom is -0.478 e. The van der Waals surface area contributed by atoms with Crippen molar-refractivity contribution < 1.29 is 14.8 Å². The Morgan fingerprint density at radius 2 is 2.11 bits per heavy atom. The maximum atomic E-state index is 10.9. The fourth-order valence-corrected chi connectivity index (χ4v) is 1.77. The van der Waals surface area contributed by atoms with Gasteiger partial charge in [-0.15, -0.1) is 0 Å². The van der Waals surface area contributed by atoms with E-state index in [0.717, 1.165) is 0 Å². The molecule has 0 bridgehead atoms. The van der Waals surface area contributed by atoms with E-state index in [1.165, 1.54) is 18.2 Å². The van der Waals surface area contributed by atoms with Gasteiger partial charge in [0.15, 0.2) is 0 Å². The lowest BCUT2D eigenvalue weighted by atomic mass is 10.2. The summed E-state index contributed by atoms with van der Waals surface area (Å²) in [6, 6.07) is 7.51. The number of hydrogen-bond donors (Lipinski definition) is 1. The highest BCUT2D eigenvalue weighted by Crippen LogP contribution is 2.20. The van der Waals surface area contributed by atoms with Crippen molar-refractivity contribution in [2.45, 2.75) is 6.92 Å². The number of nitrogens with zero attached hydrogens (tertiary/aromatic N) is 2. The van der Waals surface area contributed by atoms with E-state index in [4.69, 9.17) is 5.11 Å². The molecule has 0 radical (unpaired) electrons. The molecule has 0 atom stereocenters. The molecular formula is C12H10N2O4.